The smallest absolute Gasteiger partial charge is 0.417 e. The highest BCUT2D eigenvalue weighted by atomic mass is 35.5. The highest BCUT2D eigenvalue weighted by Crippen LogP contribution is 2.64. The molecule has 4 aromatic carbocycles. The number of nitrogens with zero attached hydrogens (tertiary/aromatic N) is 4. The van der Waals surface area contributed by atoms with Gasteiger partial charge >= 0.3 is 6.18 Å². The average Bonchev–Trinajstić information content (AvgIpc) is 3.89. The predicted molar refractivity (Wildman–Crippen MR) is 228 cm³/mol. The van der Waals surface area contributed by atoms with E-state index in [2.05, 4.69) is 15.4 Å². The average molecular weight is 909 g/mol. The first-order valence-corrected chi connectivity index (χ1v) is 21.1. The van der Waals surface area contributed by atoms with Gasteiger partial charge in [0.15, 0.2) is 22.9 Å². The molecule has 4 aliphatic rings. The molecule has 3 fully saturated rings. The second-order valence-corrected chi connectivity index (χ2v) is 17.0. The number of imide groups is 2. The van der Waals surface area contributed by atoms with Crippen molar-refractivity contribution in [3.05, 3.63) is 142 Å². The van der Waals surface area contributed by atoms with Crippen molar-refractivity contribution in [2.45, 2.75) is 37.3 Å². The molecule has 0 bridgehead atoms. The molecule has 17 heteroatoms. The number of carbonyl (C=O) groups is 4. The molecule has 10 rings (SSSR count). The number of allylic oxidation sites excluding steroid dienone is 2. The Morgan fingerprint density at radius 3 is 2.38 bits per heavy atom. The van der Waals surface area contributed by atoms with Gasteiger partial charge in [-0.2, -0.15) is 18.2 Å². The molecule has 2 saturated heterocycles. The predicted octanol–water partition coefficient (Wildman–Crippen LogP) is 9.51. The number of fused-ring (bicyclic) bond motifs is 5. The van der Waals surface area contributed by atoms with E-state index < -0.39 is 75.4 Å². The van der Waals surface area contributed by atoms with Gasteiger partial charge in [0.05, 0.1) is 46.0 Å². The summed E-state index contributed by atoms with van der Waals surface area (Å²) in [6.45, 7) is 1.92. The second kappa shape index (κ2) is 15.2. The van der Waals surface area contributed by atoms with Crippen LogP contribution in [0.5, 0.6) is 11.5 Å². The van der Waals surface area contributed by atoms with Crippen molar-refractivity contribution in [2.24, 2.45) is 23.7 Å². The standard InChI is InChI=1S/C47H34Cl2F3N5O7/c1-2-63-37-19-24(9-18-35(37)58)39-29-16-17-30-38(44(61)56(42(30)59)28-14-7-23(8-15-28)41-54-34-5-3-4-6-36(34)64-41)31(29)21-32-43(60)57(45(62)46(32,39)25-10-12-27(48)13-11-25)55-40-33(49)20-26(22-53-40)47(50,51)52/h3-16,18-20,22,30-32,38-39,58H,2,17,21H2,1H3,(H,53,55). The second-order valence-electron chi connectivity index (χ2n) is 16.1. The quantitative estimate of drug-likeness (QED) is 0.111. The Labute approximate surface area is 372 Å². The summed E-state index contributed by atoms with van der Waals surface area (Å²) in [6, 6.07) is 25.7. The van der Waals surface area contributed by atoms with Crippen LogP contribution in [0.2, 0.25) is 10.0 Å². The van der Waals surface area contributed by atoms with Crippen molar-refractivity contribution < 1.29 is 46.6 Å². The van der Waals surface area contributed by atoms with Crippen LogP contribution in [-0.2, 0) is 30.8 Å². The van der Waals surface area contributed by atoms with E-state index in [1.807, 2.05) is 24.3 Å². The summed E-state index contributed by atoms with van der Waals surface area (Å²) >= 11 is 12.7. The summed E-state index contributed by atoms with van der Waals surface area (Å²) < 4.78 is 52.5. The number of hydrogen-bond acceptors (Lipinski definition) is 10. The summed E-state index contributed by atoms with van der Waals surface area (Å²) in [5.41, 5.74) is 3.39. The number of anilines is 2. The summed E-state index contributed by atoms with van der Waals surface area (Å²) in [5, 5.41) is 11.4. The maximum Gasteiger partial charge on any atom is 0.417 e. The lowest BCUT2D eigenvalue weighted by atomic mass is 9.49. The van der Waals surface area contributed by atoms with E-state index in [9.17, 15) is 27.9 Å². The van der Waals surface area contributed by atoms with E-state index in [-0.39, 0.29) is 36.8 Å². The Kier molecular flexibility index (Phi) is 9.83. The lowest BCUT2D eigenvalue weighted by Gasteiger charge is -2.50. The van der Waals surface area contributed by atoms with Crippen molar-refractivity contribution in [1.29, 1.82) is 0 Å². The number of pyridine rings is 1. The van der Waals surface area contributed by atoms with E-state index >= 15 is 9.59 Å². The molecule has 4 amide bonds. The zero-order valence-corrected chi connectivity index (χ0v) is 35.0. The summed E-state index contributed by atoms with van der Waals surface area (Å²) in [6.07, 6.45) is -2.32. The topological polar surface area (TPSA) is 155 Å². The number of para-hydroxylation sites is 2. The van der Waals surface area contributed by atoms with Gasteiger partial charge in [0, 0.05) is 22.7 Å². The number of alkyl halides is 3. The number of carbonyl (C=O) groups excluding carboxylic acids is 4. The normalized spacial score (nSPS) is 24.2. The zero-order valence-electron chi connectivity index (χ0n) is 33.5. The molecule has 2 aliphatic heterocycles. The van der Waals surface area contributed by atoms with Gasteiger partial charge in [-0.15, -0.1) is 0 Å². The van der Waals surface area contributed by atoms with Gasteiger partial charge in [0.1, 0.15) is 5.52 Å². The minimum Gasteiger partial charge on any atom is -0.504 e. The first-order valence-electron chi connectivity index (χ1n) is 20.3. The monoisotopic (exact) mass is 907 g/mol. The van der Waals surface area contributed by atoms with Crippen molar-refractivity contribution >= 4 is 69.4 Å². The number of phenols is 1. The van der Waals surface area contributed by atoms with Gasteiger partial charge in [-0.1, -0.05) is 65.2 Å². The third-order valence-electron chi connectivity index (χ3n) is 12.8. The number of rotatable bonds is 8. The van der Waals surface area contributed by atoms with E-state index in [0.29, 0.717) is 62.2 Å². The minimum atomic E-state index is -4.77. The molecule has 1 saturated carbocycles. The lowest BCUT2D eigenvalue weighted by Crippen LogP contribution is -2.53. The van der Waals surface area contributed by atoms with E-state index in [4.69, 9.17) is 32.4 Å². The summed E-state index contributed by atoms with van der Waals surface area (Å²) in [4.78, 5) is 69.4. The maximum atomic E-state index is 15.5. The fourth-order valence-electron chi connectivity index (χ4n) is 10.1. The Morgan fingerprint density at radius 1 is 0.922 bits per heavy atom. The highest BCUT2D eigenvalue weighted by molar-refractivity contribution is 6.33. The zero-order chi connectivity index (χ0) is 44.8. The SMILES string of the molecule is CCOc1cc(C2C3=CCC4C(=O)N(c5ccc(-c6nc7ccccc7o6)cc5)C(=O)C4C3CC3C(=O)N(Nc4ncc(C(F)(F)F)cc4Cl)C(=O)C32c2ccc(Cl)cc2)ccc1O. The van der Waals surface area contributed by atoms with Crippen LogP contribution in [0.25, 0.3) is 22.6 Å². The van der Waals surface area contributed by atoms with Gasteiger partial charge in [-0.3, -0.25) is 29.5 Å². The van der Waals surface area contributed by atoms with Gasteiger partial charge < -0.3 is 14.3 Å². The van der Waals surface area contributed by atoms with Gasteiger partial charge in [-0.05, 0) is 104 Å². The van der Waals surface area contributed by atoms with E-state index in [1.54, 1.807) is 73.7 Å². The Balaban J connectivity index is 1.09. The van der Waals surface area contributed by atoms with Crippen LogP contribution >= 0.6 is 23.2 Å². The molecular weight excluding hydrogens is 874 g/mol. The Bertz CT molecular complexity index is 2930. The number of phenolic OH excluding ortho intramolecular Hbond substituents is 1. The number of halogens is 5. The molecule has 6 atom stereocenters. The van der Waals surface area contributed by atoms with Crippen LogP contribution in [0.15, 0.2) is 119 Å². The molecule has 2 aromatic heterocycles. The summed E-state index contributed by atoms with van der Waals surface area (Å²) in [5.74, 6) is -7.32. The number of benzene rings is 4. The van der Waals surface area contributed by atoms with Crippen LogP contribution in [0, 0.1) is 23.7 Å². The number of amides is 4. The summed E-state index contributed by atoms with van der Waals surface area (Å²) in [7, 11) is 0. The molecule has 0 radical (unpaired) electrons. The van der Waals surface area contributed by atoms with Gasteiger partial charge in [-0.25, -0.2) is 9.97 Å². The Morgan fingerprint density at radius 2 is 1.67 bits per heavy atom. The molecule has 4 heterocycles. The molecule has 0 spiro atoms. The molecule has 324 valence electrons. The molecule has 12 nitrogen and oxygen atoms in total. The van der Waals surface area contributed by atoms with Gasteiger partial charge in [0.25, 0.3) is 11.8 Å². The minimum absolute atomic E-state index is 0.0804. The highest BCUT2D eigenvalue weighted by Gasteiger charge is 2.70. The fraction of sp³-hybridized carbons (Fsp3) is 0.234. The molecule has 2 aliphatic carbocycles. The van der Waals surface area contributed by atoms with E-state index in [1.165, 1.54) is 11.0 Å². The van der Waals surface area contributed by atoms with Gasteiger partial charge in [0.2, 0.25) is 17.7 Å². The Hall–Kier alpha value is -6.71. The van der Waals surface area contributed by atoms with Crippen LogP contribution in [0.1, 0.15) is 42.4 Å². The third kappa shape index (κ3) is 6.34. The first-order chi connectivity index (χ1) is 30.7. The number of nitrogens with one attached hydrogen (secondary N) is 1. The number of aromatic hydroxyl groups is 1. The van der Waals surface area contributed by atoms with Crippen molar-refractivity contribution in [3.8, 4) is 23.0 Å². The number of aromatic nitrogens is 2. The number of oxazole rings is 1. The van der Waals surface area contributed by atoms with Crippen molar-refractivity contribution in [2.75, 3.05) is 16.9 Å². The fourth-order valence-corrected chi connectivity index (χ4v) is 10.5. The largest absolute Gasteiger partial charge is 0.504 e. The number of ether oxygens (including phenoxy) is 1. The molecular formula is C47H34Cl2F3N5O7. The number of hydrogen-bond donors (Lipinski definition) is 2. The molecule has 2 N–H and O–H groups in total. The maximum absolute atomic E-state index is 15.5. The van der Waals surface area contributed by atoms with Crippen LogP contribution in [0.4, 0.5) is 24.7 Å². The van der Waals surface area contributed by atoms with Crippen molar-refractivity contribution in [3.63, 3.8) is 0 Å². The molecule has 64 heavy (non-hydrogen) atoms. The van der Waals surface area contributed by atoms with E-state index in [0.717, 1.165) is 5.01 Å². The third-order valence-corrected chi connectivity index (χ3v) is 13.4. The molecule has 6 aromatic rings. The van der Waals surface area contributed by atoms with Crippen LogP contribution < -0.4 is 15.1 Å². The van der Waals surface area contributed by atoms with Crippen LogP contribution in [0.3, 0.4) is 0 Å². The lowest BCUT2D eigenvalue weighted by molar-refractivity contribution is -0.139. The first kappa shape index (κ1) is 41.3. The van der Waals surface area contributed by atoms with Crippen LogP contribution in [-0.4, -0.2) is 50.3 Å². The van der Waals surface area contributed by atoms with Crippen molar-refractivity contribution in [1.82, 2.24) is 15.0 Å². The molecule has 6 unspecified atom stereocenters. The number of hydrazine groups is 1.